The third-order valence-corrected chi connectivity index (χ3v) is 4.25. The lowest BCUT2D eigenvalue weighted by atomic mass is 10.0. The van der Waals surface area contributed by atoms with Crippen molar-refractivity contribution in [3.05, 3.63) is 70.8 Å². The summed E-state index contributed by atoms with van der Waals surface area (Å²) in [6.45, 7) is 0. The van der Waals surface area contributed by atoms with Crippen LogP contribution in [-0.2, 0) is 23.6 Å². The molecular weight excluding hydrogens is 416 g/mol. The number of aryl methyl sites for hydroxylation is 1. The van der Waals surface area contributed by atoms with Gasteiger partial charge < -0.3 is 10.4 Å². The minimum atomic E-state index is -5.11. The molecule has 0 heterocycles. The average molecular weight is 433 g/mol. The molecule has 2 N–H and O–H groups in total. The number of carbonyl (C=O) groups excluding carboxylic acids is 1. The number of alkyl halides is 6. The quantitative estimate of drug-likeness (QED) is 0.609. The Balaban J connectivity index is 2.17. The summed E-state index contributed by atoms with van der Waals surface area (Å²) in [6.07, 6.45) is -9.46. The second kappa shape index (κ2) is 9.19. The van der Waals surface area contributed by atoms with Gasteiger partial charge in [-0.1, -0.05) is 30.3 Å². The first-order valence-corrected chi connectivity index (χ1v) is 8.75. The number of halogens is 6. The van der Waals surface area contributed by atoms with Crippen LogP contribution < -0.4 is 5.32 Å². The zero-order valence-electron chi connectivity index (χ0n) is 15.3. The van der Waals surface area contributed by atoms with Crippen molar-refractivity contribution in [2.75, 3.05) is 0 Å². The Morgan fingerprint density at radius 3 is 1.90 bits per heavy atom. The number of amides is 1. The van der Waals surface area contributed by atoms with E-state index in [2.05, 4.69) is 0 Å². The van der Waals surface area contributed by atoms with Crippen molar-refractivity contribution in [2.24, 2.45) is 0 Å². The van der Waals surface area contributed by atoms with Crippen LogP contribution in [0.15, 0.2) is 48.5 Å². The second-order valence-corrected chi connectivity index (χ2v) is 6.54. The second-order valence-electron chi connectivity index (χ2n) is 6.54. The summed E-state index contributed by atoms with van der Waals surface area (Å²) in [7, 11) is 0. The van der Waals surface area contributed by atoms with E-state index in [9.17, 15) is 41.0 Å². The van der Waals surface area contributed by atoms with E-state index in [-0.39, 0.29) is 24.6 Å². The zero-order chi connectivity index (χ0) is 22.5. The predicted octanol–water partition coefficient (Wildman–Crippen LogP) is 4.93. The Bertz CT molecular complexity index is 861. The summed E-state index contributed by atoms with van der Waals surface area (Å²) < 4.78 is 77.5. The molecule has 1 atom stereocenters. The Morgan fingerprint density at radius 2 is 1.43 bits per heavy atom. The summed E-state index contributed by atoms with van der Waals surface area (Å²) in [5.74, 6) is -2.78. The highest BCUT2D eigenvalue weighted by atomic mass is 19.4. The summed E-state index contributed by atoms with van der Waals surface area (Å²) >= 11 is 0. The van der Waals surface area contributed by atoms with E-state index < -0.39 is 47.0 Å². The van der Waals surface area contributed by atoms with Gasteiger partial charge in [0.2, 0.25) is 0 Å². The lowest BCUT2D eigenvalue weighted by Crippen LogP contribution is -2.41. The van der Waals surface area contributed by atoms with E-state index >= 15 is 0 Å². The molecule has 0 bridgehead atoms. The van der Waals surface area contributed by atoms with E-state index in [0.717, 1.165) is 5.56 Å². The zero-order valence-corrected chi connectivity index (χ0v) is 15.3. The highest BCUT2D eigenvalue weighted by Gasteiger charge is 2.37. The van der Waals surface area contributed by atoms with Crippen LogP contribution in [0.2, 0.25) is 0 Å². The molecule has 4 nitrogen and oxygen atoms in total. The number of hydrogen-bond acceptors (Lipinski definition) is 2. The molecule has 10 heteroatoms. The minimum absolute atomic E-state index is 0.0545. The largest absolute Gasteiger partial charge is 0.480 e. The van der Waals surface area contributed by atoms with Crippen molar-refractivity contribution in [3.8, 4) is 0 Å². The fraction of sp³-hybridized carbons (Fsp3) is 0.300. The van der Waals surface area contributed by atoms with Gasteiger partial charge in [-0.2, -0.15) is 26.3 Å². The van der Waals surface area contributed by atoms with Gasteiger partial charge in [-0.15, -0.1) is 0 Å². The molecule has 2 rings (SSSR count). The first-order chi connectivity index (χ1) is 13.9. The number of carboxylic acid groups (broad SMARTS) is 1. The van der Waals surface area contributed by atoms with Gasteiger partial charge in [0.25, 0.3) is 5.91 Å². The molecule has 0 saturated heterocycles. The third kappa shape index (κ3) is 6.50. The average Bonchev–Trinajstić information content (AvgIpc) is 2.66. The number of carboxylic acids is 1. The number of benzene rings is 2. The Hall–Kier alpha value is -3.04. The summed E-state index contributed by atoms with van der Waals surface area (Å²) in [6, 6.07) is 7.95. The van der Waals surface area contributed by atoms with E-state index in [1.54, 1.807) is 18.2 Å². The van der Waals surface area contributed by atoms with Crippen molar-refractivity contribution < 1.29 is 41.0 Å². The first-order valence-electron chi connectivity index (χ1n) is 8.75. The molecule has 0 saturated carbocycles. The molecule has 2 aromatic carbocycles. The molecular formula is C20H17F6NO3. The molecule has 0 aliphatic rings. The normalized spacial score (nSPS) is 13.0. The maximum atomic E-state index is 12.9. The number of rotatable bonds is 7. The van der Waals surface area contributed by atoms with Crippen LogP contribution in [0.1, 0.15) is 39.9 Å². The van der Waals surface area contributed by atoms with Gasteiger partial charge in [-0.05, 0) is 43.0 Å². The van der Waals surface area contributed by atoms with Crippen molar-refractivity contribution in [1.29, 1.82) is 0 Å². The van der Waals surface area contributed by atoms with Crippen LogP contribution in [0, 0.1) is 0 Å². The van der Waals surface area contributed by atoms with Crippen LogP contribution in [0.25, 0.3) is 0 Å². The van der Waals surface area contributed by atoms with Gasteiger partial charge in [0.15, 0.2) is 0 Å². The topological polar surface area (TPSA) is 66.4 Å². The van der Waals surface area contributed by atoms with Gasteiger partial charge in [0, 0.05) is 5.56 Å². The summed E-state index contributed by atoms with van der Waals surface area (Å²) in [5, 5.41) is 11.3. The van der Waals surface area contributed by atoms with Gasteiger partial charge >= 0.3 is 18.3 Å². The molecule has 0 aliphatic carbocycles. The fourth-order valence-corrected chi connectivity index (χ4v) is 2.74. The molecule has 2 aromatic rings. The van der Waals surface area contributed by atoms with E-state index in [1.807, 2.05) is 17.4 Å². The number of carbonyl (C=O) groups is 2. The Labute approximate surface area is 167 Å². The smallest absolute Gasteiger partial charge is 0.416 e. The highest BCUT2D eigenvalue weighted by molar-refractivity contribution is 5.97. The lowest BCUT2D eigenvalue weighted by molar-refractivity contribution is -0.143. The monoisotopic (exact) mass is 433 g/mol. The predicted molar refractivity (Wildman–Crippen MR) is 94.7 cm³/mol. The van der Waals surface area contributed by atoms with Crippen LogP contribution in [0.5, 0.6) is 0 Å². The Morgan fingerprint density at radius 1 is 0.900 bits per heavy atom. The van der Waals surface area contributed by atoms with Crippen molar-refractivity contribution in [2.45, 2.75) is 37.7 Å². The SMILES string of the molecule is O=C(N[C@H](CCCc1ccccc1)C(=O)O)c1cc(C(F)(F)F)cc(C(F)(F)F)c1. The number of hydrogen-bond donors (Lipinski definition) is 2. The van der Waals surface area contributed by atoms with E-state index in [1.165, 1.54) is 0 Å². The molecule has 0 radical (unpaired) electrons. The fourth-order valence-electron chi connectivity index (χ4n) is 2.74. The maximum absolute atomic E-state index is 12.9. The van der Waals surface area contributed by atoms with Gasteiger partial charge in [0.05, 0.1) is 11.1 Å². The number of nitrogens with one attached hydrogen (secondary N) is 1. The molecule has 0 unspecified atom stereocenters. The van der Waals surface area contributed by atoms with Crippen LogP contribution in [0.4, 0.5) is 26.3 Å². The molecule has 0 aliphatic heterocycles. The van der Waals surface area contributed by atoms with E-state index in [0.29, 0.717) is 12.8 Å². The van der Waals surface area contributed by atoms with Crippen LogP contribution in [-0.4, -0.2) is 23.0 Å². The Kier molecular flexibility index (Phi) is 7.12. The third-order valence-electron chi connectivity index (χ3n) is 4.25. The minimum Gasteiger partial charge on any atom is -0.480 e. The lowest BCUT2D eigenvalue weighted by Gasteiger charge is -2.17. The van der Waals surface area contributed by atoms with Crippen LogP contribution >= 0.6 is 0 Å². The highest BCUT2D eigenvalue weighted by Crippen LogP contribution is 2.36. The van der Waals surface area contributed by atoms with Gasteiger partial charge in [0.1, 0.15) is 6.04 Å². The van der Waals surface area contributed by atoms with Gasteiger partial charge in [-0.3, -0.25) is 4.79 Å². The molecule has 0 fully saturated rings. The number of aliphatic carboxylic acids is 1. The molecule has 162 valence electrons. The maximum Gasteiger partial charge on any atom is 0.416 e. The summed E-state index contributed by atoms with van der Waals surface area (Å²) in [5.41, 5.74) is -3.32. The standard InChI is InChI=1S/C20H17F6NO3/c21-19(22,23)14-9-13(10-15(11-14)20(24,25)26)17(28)27-16(18(29)30)8-4-7-12-5-2-1-3-6-12/h1-3,5-6,9-11,16H,4,7-8H2,(H,27,28)(H,29,30)/t16-/m1/s1. The molecule has 0 aromatic heterocycles. The van der Waals surface area contributed by atoms with Crippen molar-refractivity contribution in [3.63, 3.8) is 0 Å². The summed E-state index contributed by atoms with van der Waals surface area (Å²) in [4.78, 5) is 23.6. The van der Waals surface area contributed by atoms with Crippen molar-refractivity contribution in [1.82, 2.24) is 5.32 Å². The first kappa shape index (κ1) is 23.2. The van der Waals surface area contributed by atoms with E-state index in [4.69, 9.17) is 0 Å². The van der Waals surface area contributed by atoms with Crippen LogP contribution in [0.3, 0.4) is 0 Å². The van der Waals surface area contributed by atoms with Gasteiger partial charge in [-0.25, -0.2) is 4.79 Å². The van der Waals surface area contributed by atoms with Crippen molar-refractivity contribution >= 4 is 11.9 Å². The molecule has 30 heavy (non-hydrogen) atoms. The molecule has 1 amide bonds. The molecule has 0 spiro atoms.